The number of hydrogen-bond acceptors (Lipinski definition) is 3. The SMILES string of the molecule is CSC(Br)OCCO. The third-order valence-corrected chi connectivity index (χ3v) is 2.42. The molecular formula is C4H9BrO2S. The Kier molecular flexibility index (Phi) is 6.43. The van der Waals surface area contributed by atoms with Gasteiger partial charge < -0.3 is 9.84 Å². The molecule has 0 aliphatic heterocycles. The van der Waals surface area contributed by atoms with E-state index in [1.54, 1.807) is 11.8 Å². The molecule has 0 heterocycles. The monoisotopic (exact) mass is 200 g/mol. The second-order valence-electron chi connectivity index (χ2n) is 1.10. The van der Waals surface area contributed by atoms with E-state index in [0.717, 1.165) is 0 Å². The van der Waals surface area contributed by atoms with Gasteiger partial charge in [0, 0.05) is 0 Å². The number of aliphatic hydroxyl groups excluding tert-OH is 1. The third kappa shape index (κ3) is 4.90. The Balaban J connectivity index is 2.86. The van der Waals surface area contributed by atoms with Crippen molar-refractivity contribution in [3.8, 4) is 0 Å². The van der Waals surface area contributed by atoms with Crippen LogP contribution in [0.1, 0.15) is 0 Å². The second-order valence-corrected chi connectivity index (χ2v) is 3.44. The molecule has 0 saturated carbocycles. The zero-order chi connectivity index (χ0) is 6.41. The van der Waals surface area contributed by atoms with Crippen LogP contribution in [0.5, 0.6) is 0 Å². The molecule has 0 rings (SSSR count). The van der Waals surface area contributed by atoms with Crippen LogP contribution >= 0.6 is 27.7 Å². The summed E-state index contributed by atoms with van der Waals surface area (Å²) >= 11 is 4.76. The molecule has 0 aromatic heterocycles. The lowest BCUT2D eigenvalue weighted by Gasteiger charge is -2.04. The maximum Gasteiger partial charge on any atom is 0.158 e. The molecule has 0 saturated heterocycles. The van der Waals surface area contributed by atoms with Crippen LogP contribution in [0.2, 0.25) is 0 Å². The third-order valence-electron chi connectivity index (χ3n) is 0.525. The standard InChI is InChI=1S/C4H9BrO2S/c1-8-4(5)7-3-2-6/h4,6H,2-3H2,1H3. The molecular weight excluding hydrogens is 192 g/mol. The van der Waals surface area contributed by atoms with Crippen molar-refractivity contribution in [2.24, 2.45) is 0 Å². The summed E-state index contributed by atoms with van der Waals surface area (Å²) in [6.07, 6.45) is 1.93. The van der Waals surface area contributed by atoms with E-state index in [-0.39, 0.29) is 11.0 Å². The normalized spacial score (nSPS) is 13.9. The summed E-state index contributed by atoms with van der Waals surface area (Å²) in [6.45, 7) is 0.486. The molecule has 8 heavy (non-hydrogen) atoms. The average molecular weight is 201 g/mol. The van der Waals surface area contributed by atoms with Gasteiger partial charge in [-0.25, -0.2) is 0 Å². The summed E-state index contributed by atoms with van der Waals surface area (Å²) in [6, 6.07) is 0. The molecule has 0 aromatic carbocycles. The molecule has 50 valence electrons. The predicted molar refractivity (Wildman–Crippen MR) is 39.3 cm³/mol. The van der Waals surface area contributed by atoms with Crippen LogP contribution in [-0.4, -0.2) is 28.9 Å². The molecule has 2 nitrogen and oxygen atoms in total. The molecule has 0 aliphatic rings. The minimum atomic E-state index is 0.0228. The zero-order valence-electron chi connectivity index (χ0n) is 4.63. The van der Waals surface area contributed by atoms with Crippen LogP contribution < -0.4 is 0 Å². The Hall–Kier alpha value is 0.750. The van der Waals surface area contributed by atoms with E-state index in [0.29, 0.717) is 6.61 Å². The van der Waals surface area contributed by atoms with Crippen LogP contribution in [0.4, 0.5) is 0 Å². The highest BCUT2D eigenvalue weighted by molar-refractivity contribution is 9.11. The van der Waals surface area contributed by atoms with E-state index in [4.69, 9.17) is 9.84 Å². The van der Waals surface area contributed by atoms with Crippen molar-refractivity contribution in [3.63, 3.8) is 0 Å². The molecule has 0 radical (unpaired) electrons. The van der Waals surface area contributed by atoms with Gasteiger partial charge in [-0.2, -0.15) is 0 Å². The highest BCUT2D eigenvalue weighted by Gasteiger charge is 1.97. The van der Waals surface area contributed by atoms with E-state index >= 15 is 0 Å². The minimum Gasteiger partial charge on any atom is -0.394 e. The maximum atomic E-state index is 8.26. The van der Waals surface area contributed by atoms with Crippen LogP contribution in [0, 0.1) is 0 Å². The van der Waals surface area contributed by atoms with Gasteiger partial charge in [0.25, 0.3) is 0 Å². The van der Waals surface area contributed by atoms with Gasteiger partial charge in [-0.05, 0) is 22.2 Å². The lowest BCUT2D eigenvalue weighted by molar-refractivity contribution is 0.115. The fraction of sp³-hybridized carbons (Fsp3) is 1.00. The van der Waals surface area contributed by atoms with Crippen molar-refractivity contribution < 1.29 is 9.84 Å². The lowest BCUT2D eigenvalue weighted by Crippen LogP contribution is -2.03. The highest BCUT2D eigenvalue weighted by atomic mass is 79.9. The number of halogens is 1. The second kappa shape index (κ2) is 5.88. The fourth-order valence-electron chi connectivity index (χ4n) is 0.213. The van der Waals surface area contributed by atoms with E-state index in [1.807, 2.05) is 6.26 Å². The van der Waals surface area contributed by atoms with Gasteiger partial charge in [-0.15, -0.1) is 11.8 Å². The number of thioether (sulfide) groups is 1. The average Bonchev–Trinajstić information content (AvgIpc) is 1.83. The van der Waals surface area contributed by atoms with Crippen LogP contribution in [0.15, 0.2) is 0 Å². The lowest BCUT2D eigenvalue weighted by atomic mass is 10.8. The highest BCUT2D eigenvalue weighted by Crippen LogP contribution is 2.13. The van der Waals surface area contributed by atoms with Crippen molar-refractivity contribution in [3.05, 3.63) is 0 Å². The van der Waals surface area contributed by atoms with E-state index < -0.39 is 0 Å². The van der Waals surface area contributed by atoms with Crippen molar-refractivity contribution in [1.29, 1.82) is 0 Å². The van der Waals surface area contributed by atoms with Gasteiger partial charge in [0.2, 0.25) is 0 Å². The number of ether oxygens (including phenoxy) is 1. The minimum absolute atomic E-state index is 0.0228. The van der Waals surface area contributed by atoms with Crippen molar-refractivity contribution >= 4 is 27.7 Å². The summed E-state index contributed by atoms with van der Waals surface area (Å²) in [4.78, 5) is 0. The Bertz CT molecular complexity index is 53.3. The van der Waals surface area contributed by atoms with Crippen LogP contribution in [0.25, 0.3) is 0 Å². The first-order valence-corrected chi connectivity index (χ1v) is 4.41. The Labute approximate surface area is 61.7 Å². The summed E-state index contributed by atoms with van der Waals surface area (Å²) < 4.78 is 4.99. The first-order chi connectivity index (χ1) is 3.81. The van der Waals surface area contributed by atoms with Gasteiger partial charge in [-0.3, -0.25) is 0 Å². The van der Waals surface area contributed by atoms with Crippen molar-refractivity contribution in [1.82, 2.24) is 0 Å². The maximum absolute atomic E-state index is 8.26. The molecule has 0 bridgehead atoms. The quantitative estimate of drug-likeness (QED) is 0.544. The molecule has 0 amide bonds. The Morgan fingerprint density at radius 1 is 1.88 bits per heavy atom. The predicted octanol–water partition coefficient (Wildman–Crippen LogP) is 1.04. The largest absolute Gasteiger partial charge is 0.394 e. The summed E-state index contributed by atoms with van der Waals surface area (Å²) in [5, 5.41) is 8.26. The number of aliphatic hydroxyl groups is 1. The van der Waals surface area contributed by atoms with Crippen LogP contribution in [-0.2, 0) is 4.74 Å². The number of hydrogen-bond donors (Lipinski definition) is 1. The van der Waals surface area contributed by atoms with Crippen molar-refractivity contribution in [2.45, 2.75) is 4.35 Å². The van der Waals surface area contributed by atoms with Gasteiger partial charge in [-0.1, -0.05) is 0 Å². The smallest absolute Gasteiger partial charge is 0.158 e. The molecule has 0 aromatic rings. The van der Waals surface area contributed by atoms with Gasteiger partial charge in [0.1, 0.15) is 0 Å². The van der Waals surface area contributed by atoms with E-state index in [2.05, 4.69) is 15.9 Å². The fourth-order valence-corrected chi connectivity index (χ4v) is 0.633. The van der Waals surface area contributed by atoms with Gasteiger partial charge in [0.15, 0.2) is 4.35 Å². The summed E-state index contributed by atoms with van der Waals surface area (Å²) in [7, 11) is 0. The molecule has 4 heteroatoms. The molecule has 1 unspecified atom stereocenters. The molecule has 1 N–H and O–H groups in total. The molecule has 0 fully saturated rings. The topological polar surface area (TPSA) is 29.5 Å². The first kappa shape index (κ1) is 8.75. The molecule has 0 spiro atoms. The summed E-state index contributed by atoms with van der Waals surface area (Å²) in [5.74, 6) is 0. The van der Waals surface area contributed by atoms with Crippen LogP contribution in [0.3, 0.4) is 0 Å². The number of rotatable bonds is 4. The first-order valence-electron chi connectivity index (χ1n) is 2.20. The van der Waals surface area contributed by atoms with Gasteiger partial charge in [0.05, 0.1) is 13.2 Å². The Morgan fingerprint density at radius 3 is 2.88 bits per heavy atom. The summed E-state index contributed by atoms with van der Waals surface area (Å²) in [5.41, 5.74) is 0. The number of alkyl halides is 1. The van der Waals surface area contributed by atoms with Gasteiger partial charge >= 0.3 is 0 Å². The van der Waals surface area contributed by atoms with E-state index in [1.165, 1.54) is 0 Å². The molecule has 0 aliphatic carbocycles. The Morgan fingerprint density at radius 2 is 2.50 bits per heavy atom. The van der Waals surface area contributed by atoms with E-state index in [9.17, 15) is 0 Å². The zero-order valence-corrected chi connectivity index (χ0v) is 7.04. The van der Waals surface area contributed by atoms with Crippen molar-refractivity contribution in [2.75, 3.05) is 19.5 Å². The molecule has 1 atom stereocenters.